The van der Waals surface area contributed by atoms with E-state index in [1.165, 1.54) is 12.1 Å². The number of benzene rings is 1. The molecule has 1 aromatic rings. The van der Waals surface area contributed by atoms with Crippen LogP contribution in [0.15, 0.2) is 29.2 Å². The summed E-state index contributed by atoms with van der Waals surface area (Å²) in [5.41, 5.74) is 0. The summed E-state index contributed by atoms with van der Waals surface area (Å²) >= 11 is 0. The summed E-state index contributed by atoms with van der Waals surface area (Å²) in [6, 6.07) is 4.69. The van der Waals surface area contributed by atoms with Gasteiger partial charge in [-0.1, -0.05) is 12.1 Å². The lowest BCUT2D eigenvalue weighted by Crippen LogP contribution is -2.44. The second kappa shape index (κ2) is 8.15. The molecule has 2 N–H and O–H groups in total. The van der Waals surface area contributed by atoms with Crippen molar-refractivity contribution in [3.63, 3.8) is 0 Å². The first kappa shape index (κ1) is 19.0. The number of rotatable bonds is 7. The maximum atomic E-state index is 12.4. The van der Waals surface area contributed by atoms with Crippen LogP contribution in [-0.2, 0) is 10.0 Å². The average Bonchev–Trinajstić information content (AvgIpc) is 2.51. The first-order chi connectivity index (χ1) is 11.3. The zero-order valence-corrected chi connectivity index (χ0v) is 13.8. The van der Waals surface area contributed by atoms with Crippen LogP contribution < -0.4 is 14.8 Å². The van der Waals surface area contributed by atoms with E-state index in [1.807, 2.05) is 0 Å². The van der Waals surface area contributed by atoms with Gasteiger partial charge in [0.05, 0.1) is 0 Å². The van der Waals surface area contributed by atoms with Gasteiger partial charge >= 0.3 is 6.36 Å². The maximum absolute atomic E-state index is 12.4. The Morgan fingerprint density at radius 1 is 1.21 bits per heavy atom. The first-order valence-electron chi connectivity index (χ1n) is 7.55. The van der Waals surface area contributed by atoms with Crippen molar-refractivity contribution in [3.8, 4) is 5.75 Å². The van der Waals surface area contributed by atoms with Gasteiger partial charge in [0.25, 0.3) is 0 Å². The number of hydrogen-bond donors (Lipinski definition) is 2. The van der Waals surface area contributed by atoms with E-state index >= 15 is 0 Å². The molecule has 0 aromatic heterocycles. The fraction of sp³-hybridized carbons (Fsp3) is 0.571. The van der Waals surface area contributed by atoms with Gasteiger partial charge in [-0.2, -0.15) is 0 Å². The van der Waals surface area contributed by atoms with E-state index < -0.39 is 27.0 Å². The molecule has 0 radical (unpaired) electrons. The minimum atomic E-state index is -4.95. The third kappa shape index (κ3) is 5.93. The zero-order chi connectivity index (χ0) is 17.6. The van der Waals surface area contributed by atoms with Crippen LogP contribution in [-0.4, -0.2) is 58.9 Å². The average molecular weight is 367 g/mol. The molecule has 24 heavy (non-hydrogen) atoms. The highest BCUT2D eigenvalue weighted by Gasteiger charge is 2.33. The quantitative estimate of drug-likeness (QED) is 0.708. The normalized spacial score (nSPS) is 17.0. The van der Waals surface area contributed by atoms with E-state index in [4.69, 9.17) is 0 Å². The molecule has 10 heteroatoms. The van der Waals surface area contributed by atoms with E-state index in [2.05, 4.69) is 19.7 Å². The Kier molecular flexibility index (Phi) is 6.44. The Balaban J connectivity index is 1.92. The summed E-state index contributed by atoms with van der Waals surface area (Å²) in [7, 11) is -4.07. The molecule has 1 aliphatic rings. The van der Waals surface area contributed by atoms with Crippen LogP contribution in [0.25, 0.3) is 0 Å². The second-order valence-electron chi connectivity index (χ2n) is 5.34. The number of hydrogen-bond acceptors (Lipinski definition) is 5. The Hall–Kier alpha value is -1.36. The second-order valence-corrected chi connectivity index (χ2v) is 7.07. The predicted octanol–water partition coefficient (Wildman–Crippen LogP) is 1.16. The zero-order valence-electron chi connectivity index (χ0n) is 13.0. The molecule has 0 saturated carbocycles. The van der Waals surface area contributed by atoms with Crippen LogP contribution in [0.4, 0.5) is 13.2 Å². The highest BCUT2D eigenvalue weighted by atomic mass is 32.2. The molecule has 6 nitrogen and oxygen atoms in total. The number of para-hydroxylation sites is 1. The molecule has 136 valence electrons. The molecule has 1 aromatic carbocycles. The number of nitrogens with one attached hydrogen (secondary N) is 2. The largest absolute Gasteiger partial charge is 0.573 e. The van der Waals surface area contributed by atoms with Gasteiger partial charge in [-0.05, 0) is 25.1 Å². The lowest BCUT2D eigenvalue weighted by Gasteiger charge is -2.27. The molecule has 0 unspecified atom stereocenters. The van der Waals surface area contributed by atoms with Crippen LogP contribution in [0.2, 0.25) is 0 Å². The summed E-state index contributed by atoms with van der Waals surface area (Å²) < 4.78 is 67.6. The van der Waals surface area contributed by atoms with Crippen LogP contribution in [0, 0.1) is 0 Å². The summed E-state index contributed by atoms with van der Waals surface area (Å²) in [4.78, 5) is 1.68. The summed E-state index contributed by atoms with van der Waals surface area (Å²) in [5, 5.41) is 3.22. The third-order valence-electron chi connectivity index (χ3n) is 3.52. The van der Waals surface area contributed by atoms with Crippen LogP contribution >= 0.6 is 0 Å². The Labute approximate surface area is 139 Å². The SMILES string of the molecule is O=S(=O)(NCCCN1CCNCC1)c1ccccc1OC(F)(F)F. The van der Waals surface area contributed by atoms with Gasteiger partial charge in [-0.25, -0.2) is 13.1 Å². The molecule has 1 aliphatic heterocycles. The number of piperazine rings is 1. The molecular formula is C14H20F3N3O3S. The highest BCUT2D eigenvalue weighted by molar-refractivity contribution is 7.89. The van der Waals surface area contributed by atoms with Crippen LogP contribution in [0.5, 0.6) is 5.75 Å². The Bertz CT molecular complexity index is 632. The fourth-order valence-electron chi connectivity index (χ4n) is 2.40. The van der Waals surface area contributed by atoms with Crippen molar-refractivity contribution >= 4 is 10.0 Å². The third-order valence-corrected chi connectivity index (χ3v) is 5.02. The van der Waals surface area contributed by atoms with E-state index in [-0.39, 0.29) is 6.54 Å². The molecule has 2 rings (SSSR count). The highest BCUT2D eigenvalue weighted by Crippen LogP contribution is 2.29. The fourth-order valence-corrected chi connectivity index (χ4v) is 3.60. The number of halogens is 3. The summed E-state index contributed by atoms with van der Waals surface area (Å²) in [6.07, 6.45) is -4.38. The van der Waals surface area contributed by atoms with E-state index in [1.54, 1.807) is 0 Å². The number of sulfonamides is 1. The monoisotopic (exact) mass is 367 g/mol. The van der Waals surface area contributed by atoms with Gasteiger partial charge in [0, 0.05) is 32.7 Å². The lowest BCUT2D eigenvalue weighted by atomic mass is 10.3. The molecule has 1 fully saturated rings. The smallest absolute Gasteiger partial charge is 0.404 e. The van der Waals surface area contributed by atoms with E-state index in [0.717, 1.165) is 44.9 Å². The van der Waals surface area contributed by atoms with Gasteiger partial charge < -0.3 is 15.0 Å². The summed E-state index contributed by atoms with van der Waals surface area (Å²) in [5.74, 6) is -0.736. The predicted molar refractivity (Wildman–Crippen MR) is 82.2 cm³/mol. The minimum Gasteiger partial charge on any atom is -0.404 e. The molecule has 1 heterocycles. The Morgan fingerprint density at radius 3 is 2.54 bits per heavy atom. The van der Waals surface area contributed by atoms with Crippen molar-refractivity contribution in [1.29, 1.82) is 0 Å². The molecule has 0 amide bonds. The molecule has 1 saturated heterocycles. The van der Waals surface area contributed by atoms with Crippen LogP contribution in [0.1, 0.15) is 6.42 Å². The van der Waals surface area contributed by atoms with Gasteiger partial charge in [-0.15, -0.1) is 13.2 Å². The van der Waals surface area contributed by atoms with Crippen molar-refractivity contribution in [2.24, 2.45) is 0 Å². The Morgan fingerprint density at radius 2 is 1.88 bits per heavy atom. The van der Waals surface area contributed by atoms with Crippen molar-refractivity contribution < 1.29 is 26.3 Å². The lowest BCUT2D eigenvalue weighted by molar-refractivity contribution is -0.275. The van der Waals surface area contributed by atoms with Gasteiger partial charge in [0.2, 0.25) is 10.0 Å². The summed E-state index contributed by atoms with van der Waals surface area (Å²) in [6.45, 7) is 4.46. The van der Waals surface area contributed by atoms with Crippen molar-refractivity contribution in [1.82, 2.24) is 14.9 Å². The van der Waals surface area contributed by atoms with Crippen molar-refractivity contribution in [2.45, 2.75) is 17.7 Å². The van der Waals surface area contributed by atoms with Crippen molar-refractivity contribution in [3.05, 3.63) is 24.3 Å². The van der Waals surface area contributed by atoms with Gasteiger partial charge in [0.1, 0.15) is 10.6 Å². The molecular weight excluding hydrogens is 347 g/mol. The molecule has 0 aliphatic carbocycles. The maximum Gasteiger partial charge on any atom is 0.573 e. The standard InChI is InChI=1S/C14H20F3N3O3S/c15-14(16,17)23-12-4-1-2-5-13(12)24(21,22)19-6-3-9-20-10-7-18-8-11-20/h1-2,4-5,18-19H,3,6-11H2. The van der Waals surface area contributed by atoms with Crippen molar-refractivity contribution in [2.75, 3.05) is 39.3 Å². The molecule has 0 atom stereocenters. The minimum absolute atomic E-state index is 0.145. The van der Waals surface area contributed by atoms with Crippen LogP contribution in [0.3, 0.4) is 0 Å². The van der Waals surface area contributed by atoms with Gasteiger partial charge in [0.15, 0.2) is 0 Å². The van der Waals surface area contributed by atoms with E-state index in [9.17, 15) is 21.6 Å². The molecule has 0 bridgehead atoms. The van der Waals surface area contributed by atoms with Gasteiger partial charge in [-0.3, -0.25) is 0 Å². The number of nitrogens with zero attached hydrogens (tertiary/aromatic N) is 1. The first-order valence-corrected chi connectivity index (χ1v) is 9.04. The van der Waals surface area contributed by atoms with E-state index in [0.29, 0.717) is 6.42 Å². The number of ether oxygens (including phenoxy) is 1. The number of alkyl halides is 3. The topological polar surface area (TPSA) is 70.7 Å². The molecule has 0 spiro atoms.